The molecule has 18 heavy (non-hydrogen) atoms. The fourth-order valence-electron chi connectivity index (χ4n) is 2.36. The van der Waals surface area contributed by atoms with Gasteiger partial charge in [0.2, 0.25) is 5.28 Å². The Morgan fingerprint density at radius 1 is 1.22 bits per heavy atom. The lowest BCUT2D eigenvalue weighted by molar-refractivity contribution is 0.468. The lowest BCUT2D eigenvalue weighted by Gasteiger charge is -2.08. The second-order valence-electron chi connectivity index (χ2n) is 4.45. The minimum atomic E-state index is 0.185. The molecule has 0 radical (unpaired) electrons. The van der Waals surface area contributed by atoms with Crippen LogP contribution in [0.15, 0.2) is 18.5 Å². The van der Waals surface area contributed by atoms with Gasteiger partial charge < -0.3 is 0 Å². The first kappa shape index (κ1) is 11.9. The maximum absolute atomic E-state index is 6.07. The van der Waals surface area contributed by atoms with Crippen LogP contribution >= 0.6 is 23.2 Å². The van der Waals surface area contributed by atoms with Crippen molar-refractivity contribution >= 4 is 23.2 Å². The molecule has 2 aromatic heterocycles. The summed E-state index contributed by atoms with van der Waals surface area (Å²) >= 11 is 11.9. The number of hydrogen-bond donors (Lipinski definition) is 0. The molecule has 0 saturated heterocycles. The molecular weight excluding hydrogens is 271 g/mol. The first-order chi connectivity index (χ1) is 8.74. The monoisotopic (exact) mass is 282 g/mol. The third-order valence-electron chi connectivity index (χ3n) is 3.26. The first-order valence-corrected chi connectivity index (χ1v) is 6.73. The summed E-state index contributed by atoms with van der Waals surface area (Å²) in [7, 11) is 0. The summed E-state index contributed by atoms with van der Waals surface area (Å²) in [4.78, 5) is 7.97. The van der Waals surface area contributed by atoms with Crippen LogP contribution in [0.4, 0.5) is 0 Å². The highest BCUT2D eigenvalue weighted by molar-refractivity contribution is 6.33. The van der Waals surface area contributed by atoms with Crippen molar-refractivity contribution in [3.63, 3.8) is 0 Å². The van der Waals surface area contributed by atoms with E-state index in [0.717, 1.165) is 5.69 Å². The van der Waals surface area contributed by atoms with Crippen molar-refractivity contribution in [3.8, 4) is 11.4 Å². The number of rotatable bonds is 2. The van der Waals surface area contributed by atoms with E-state index in [2.05, 4.69) is 15.1 Å². The zero-order valence-electron chi connectivity index (χ0n) is 9.68. The molecule has 2 aromatic rings. The van der Waals surface area contributed by atoms with Crippen LogP contribution in [-0.2, 0) is 0 Å². The molecule has 0 unspecified atom stereocenters. The predicted molar refractivity (Wildman–Crippen MR) is 70.8 cm³/mol. The van der Waals surface area contributed by atoms with Gasteiger partial charge in [0.25, 0.3) is 0 Å². The van der Waals surface area contributed by atoms with Gasteiger partial charge in [0.15, 0.2) is 0 Å². The van der Waals surface area contributed by atoms with Crippen LogP contribution in [0.3, 0.4) is 0 Å². The molecule has 1 aliphatic carbocycles. The molecule has 0 bridgehead atoms. The van der Waals surface area contributed by atoms with Gasteiger partial charge in [-0.2, -0.15) is 5.10 Å². The minimum absolute atomic E-state index is 0.185. The van der Waals surface area contributed by atoms with E-state index in [4.69, 9.17) is 23.2 Å². The fraction of sp³-hybridized carbons (Fsp3) is 0.417. The Labute approximate surface area is 115 Å². The van der Waals surface area contributed by atoms with Crippen LogP contribution in [-0.4, -0.2) is 19.7 Å². The van der Waals surface area contributed by atoms with Gasteiger partial charge in [-0.15, -0.1) is 0 Å². The molecule has 1 aliphatic rings. The van der Waals surface area contributed by atoms with Gasteiger partial charge >= 0.3 is 0 Å². The molecule has 1 fully saturated rings. The van der Waals surface area contributed by atoms with E-state index in [9.17, 15) is 0 Å². The van der Waals surface area contributed by atoms with E-state index in [0.29, 0.717) is 16.8 Å². The van der Waals surface area contributed by atoms with E-state index < -0.39 is 0 Å². The van der Waals surface area contributed by atoms with Crippen LogP contribution in [0.2, 0.25) is 10.3 Å². The summed E-state index contributed by atoms with van der Waals surface area (Å²) in [6, 6.07) is 2.43. The van der Waals surface area contributed by atoms with Crippen molar-refractivity contribution in [1.29, 1.82) is 0 Å². The minimum Gasteiger partial charge on any atom is -0.269 e. The maximum atomic E-state index is 6.07. The van der Waals surface area contributed by atoms with Gasteiger partial charge in [-0.1, -0.05) is 24.4 Å². The summed E-state index contributed by atoms with van der Waals surface area (Å²) in [5.74, 6) is 0. The second-order valence-corrected chi connectivity index (χ2v) is 5.20. The number of hydrogen-bond acceptors (Lipinski definition) is 3. The zero-order chi connectivity index (χ0) is 12.5. The van der Waals surface area contributed by atoms with E-state index in [-0.39, 0.29) is 5.28 Å². The van der Waals surface area contributed by atoms with Gasteiger partial charge in [-0.05, 0) is 30.5 Å². The molecule has 3 rings (SSSR count). The summed E-state index contributed by atoms with van der Waals surface area (Å²) in [6.45, 7) is 0. The van der Waals surface area contributed by atoms with Gasteiger partial charge in [0.05, 0.1) is 17.3 Å². The molecular formula is C12H12Cl2N4. The smallest absolute Gasteiger partial charge is 0.223 e. The Morgan fingerprint density at radius 2 is 2.00 bits per heavy atom. The maximum Gasteiger partial charge on any atom is 0.223 e. The van der Waals surface area contributed by atoms with Crippen molar-refractivity contribution < 1.29 is 0 Å². The molecule has 4 nitrogen and oxygen atoms in total. The van der Waals surface area contributed by atoms with Crippen LogP contribution in [0.5, 0.6) is 0 Å². The standard InChI is InChI=1S/C12H12Cl2N4/c13-9-7-15-12(14)16-11(9)10-5-6-18(17-10)8-3-1-2-4-8/h5-8H,1-4H2. The molecule has 6 heteroatoms. The van der Waals surface area contributed by atoms with E-state index in [1.54, 1.807) is 0 Å². The predicted octanol–water partition coefficient (Wildman–Crippen LogP) is 3.76. The second kappa shape index (κ2) is 4.86. The van der Waals surface area contributed by atoms with E-state index in [1.807, 2.05) is 16.9 Å². The Bertz CT molecular complexity index is 561. The topological polar surface area (TPSA) is 43.6 Å². The van der Waals surface area contributed by atoms with Crippen molar-refractivity contribution in [3.05, 3.63) is 28.8 Å². The molecule has 0 spiro atoms. The first-order valence-electron chi connectivity index (χ1n) is 5.97. The molecule has 2 heterocycles. The van der Waals surface area contributed by atoms with Crippen LogP contribution in [0.1, 0.15) is 31.7 Å². The zero-order valence-corrected chi connectivity index (χ0v) is 11.2. The summed E-state index contributed by atoms with van der Waals surface area (Å²) in [5, 5.41) is 5.20. The highest BCUT2D eigenvalue weighted by Crippen LogP contribution is 2.31. The normalized spacial score (nSPS) is 16.3. The average molecular weight is 283 g/mol. The molecule has 1 saturated carbocycles. The molecule has 0 aliphatic heterocycles. The third kappa shape index (κ3) is 2.22. The molecule has 0 aromatic carbocycles. The Balaban J connectivity index is 1.94. The quantitative estimate of drug-likeness (QED) is 0.788. The van der Waals surface area contributed by atoms with Crippen molar-refractivity contribution in [2.75, 3.05) is 0 Å². The summed E-state index contributed by atoms with van der Waals surface area (Å²) in [5.41, 5.74) is 1.34. The number of halogens is 2. The third-order valence-corrected chi connectivity index (χ3v) is 3.72. The van der Waals surface area contributed by atoms with Crippen molar-refractivity contribution in [1.82, 2.24) is 19.7 Å². The molecule has 94 valence electrons. The van der Waals surface area contributed by atoms with Crippen LogP contribution in [0.25, 0.3) is 11.4 Å². The number of nitrogens with zero attached hydrogens (tertiary/aromatic N) is 4. The van der Waals surface area contributed by atoms with Crippen LogP contribution < -0.4 is 0 Å². The van der Waals surface area contributed by atoms with Gasteiger partial charge in [-0.25, -0.2) is 9.97 Å². The molecule has 0 N–H and O–H groups in total. The average Bonchev–Trinajstić information content (AvgIpc) is 3.00. The Kier molecular flexibility index (Phi) is 3.22. The number of aromatic nitrogens is 4. The Morgan fingerprint density at radius 3 is 2.78 bits per heavy atom. The van der Waals surface area contributed by atoms with Crippen molar-refractivity contribution in [2.45, 2.75) is 31.7 Å². The highest BCUT2D eigenvalue weighted by Gasteiger charge is 2.18. The lowest BCUT2D eigenvalue weighted by atomic mass is 10.3. The lowest BCUT2D eigenvalue weighted by Crippen LogP contribution is -2.05. The van der Waals surface area contributed by atoms with Crippen LogP contribution in [0, 0.1) is 0 Å². The molecule has 0 atom stereocenters. The fourth-order valence-corrected chi connectivity index (χ4v) is 2.68. The summed E-state index contributed by atoms with van der Waals surface area (Å²) in [6.07, 6.45) is 8.43. The largest absolute Gasteiger partial charge is 0.269 e. The van der Waals surface area contributed by atoms with Gasteiger partial charge in [-0.3, -0.25) is 4.68 Å². The van der Waals surface area contributed by atoms with Gasteiger partial charge in [0, 0.05) is 6.20 Å². The SMILES string of the molecule is Clc1ncc(Cl)c(-c2ccn(C3CCCC3)n2)n1. The van der Waals surface area contributed by atoms with Crippen molar-refractivity contribution in [2.24, 2.45) is 0 Å². The van der Waals surface area contributed by atoms with Gasteiger partial charge in [0.1, 0.15) is 11.4 Å². The van der Waals surface area contributed by atoms with E-state index >= 15 is 0 Å². The Hall–Kier alpha value is -1.13. The summed E-state index contributed by atoms with van der Waals surface area (Å²) < 4.78 is 2.01. The highest BCUT2D eigenvalue weighted by atomic mass is 35.5. The van der Waals surface area contributed by atoms with E-state index in [1.165, 1.54) is 31.9 Å². The molecule has 0 amide bonds.